The molecule has 2 saturated heterocycles. The van der Waals surface area contributed by atoms with Crippen LogP contribution >= 0.6 is 11.3 Å². The van der Waals surface area contributed by atoms with E-state index < -0.39 is 0 Å². The van der Waals surface area contributed by atoms with Gasteiger partial charge in [0.1, 0.15) is 5.01 Å². The first-order chi connectivity index (χ1) is 12.3. The summed E-state index contributed by atoms with van der Waals surface area (Å²) in [7, 11) is 0. The molecule has 2 aliphatic heterocycles. The van der Waals surface area contributed by atoms with Gasteiger partial charge in [-0.3, -0.25) is 4.79 Å². The Morgan fingerprint density at radius 3 is 2.56 bits per heavy atom. The molecule has 132 valence electrons. The number of carbonyl (C=O) groups excluding carboxylic acids is 1. The molecule has 1 atom stereocenters. The van der Waals surface area contributed by atoms with Gasteiger partial charge >= 0.3 is 0 Å². The second-order valence-corrected chi connectivity index (χ2v) is 7.97. The fraction of sp³-hybridized carbons (Fsp3) is 0.500. The second-order valence-electron chi connectivity index (χ2n) is 7.07. The van der Waals surface area contributed by atoms with Crippen LogP contribution in [-0.4, -0.2) is 52.9 Å². The molecule has 0 saturated carbocycles. The normalized spacial score (nSPS) is 21.6. The molecule has 25 heavy (non-hydrogen) atoms. The summed E-state index contributed by atoms with van der Waals surface area (Å²) in [6.45, 7) is 4.33. The van der Waals surface area contributed by atoms with Crippen LogP contribution in [0.5, 0.6) is 0 Å². The summed E-state index contributed by atoms with van der Waals surface area (Å²) >= 11 is 1.62. The third-order valence-electron chi connectivity index (χ3n) is 5.37. The van der Waals surface area contributed by atoms with Crippen LogP contribution in [0.25, 0.3) is 10.6 Å². The van der Waals surface area contributed by atoms with Crippen LogP contribution in [0.15, 0.2) is 35.8 Å². The van der Waals surface area contributed by atoms with Crippen molar-refractivity contribution in [2.24, 2.45) is 0 Å². The van der Waals surface area contributed by atoms with Gasteiger partial charge in [0.2, 0.25) is 0 Å². The van der Waals surface area contributed by atoms with Gasteiger partial charge in [0.05, 0.1) is 0 Å². The van der Waals surface area contributed by atoms with Gasteiger partial charge in [-0.1, -0.05) is 12.1 Å². The monoisotopic (exact) mass is 355 g/mol. The van der Waals surface area contributed by atoms with Crippen molar-refractivity contribution in [3.05, 3.63) is 41.4 Å². The molecule has 2 aromatic rings. The minimum atomic E-state index is 0.189. The molecule has 5 heteroatoms. The van der Waals surface area contributed by atoms with Gasteiger partial charge < -0.3 is 9.80 Å². The van der Waals surface area contributed by atoms with Crippen LogP contribution in [0.1, 0.15) is 42.5 Å². The predicted octanol–water partition coefficient (Wildman–Crippen LogP) is 3.90. The first kappa shape index (κ1) is 16.7. The molecule has 0 spiro atoms. The van der Waals surface area contributed by atoms with Crippen molar-refractivity contribution in [2.75, 3.05) is 26.2 Å². The molecule has 0 bridgehead atoms. The van der Waals surface area contributed by atoms with Crippen molar-refractivity contribution in [1.29, 1.82) is 0 Å². The average molecular weight is 356 g/mol. The lowest BCUT2D eigenvalue weighted by Gasteiger charge is -2.38. The van der Waals surface area contributed by atoms with Gasteiger partial charge in [-0.05, 0) is 57.3 Å². The van der Waals surface area contributed by atoms with Crippen molar-refractivity contribution in [3.63, 3.8) is 0 Å². The molecule has 1 amide bonds. The highest BCUT2D eigenvalue weighted by Gasteiger charge is 2.29. The van der Waals surface area contributed by atoms with E-state index in [1.165, 1.54) is 32.4 Å². The zero-order chi connectivity index (χ0) is 17.1. The third kappa shape index (κ3) is 3.77. The quantitative estimate of drug-likeness (QED) is 0.834. The molecule has 4 nitrogen and oxygen atoms in total. The summed E-state index contributed by atoms with van der Waals surface area (Å²) in [6.07, 6.45) is 7.93. The highest BCUT2D eigenvalue weighted by Crippen LogP contribution is 2.25. The number of benzene rings is 1. The summed E-state index contributed by atoms with van der Waals surface area (Å²) in [5.74, 6) is 0.189. The largest absolute Gasteiger partial charge is 0.334 e. The number of nitrogens with zero attached hydrogens (tertiary/aromatic N) is 3. The fourth-order valence-corrected chi connectivity index (χ4v) is 4.65. The van der Waals surface area contributed by atoms with Crippen LogP contribution in [-0.2, 0) is 0 Å². The van der Waals surface area contributed by atoms with E-state index in [-0.39, 0.29) is 5.91 Å². The number of amides is 1. The number of carbonyl (C=O) groups is 1. The summed E-state index contributed by atoms with van der Waals surface area (Å²) in [6, 6.07) is 8.33. The molecule has 1 aromatic carbocycles. The van der Waals surface area contributed by atoms with Crippen molar-refractivity contribution >= 4 is 17.2 Å². The Morgan fingerprint density at radius 1 is 1.08 bits per heavy atom. The SMILES string of the molecule is O=C(c1ccc(-c2nccs2)cc1)N1CCCC[C@@H]1CN1CCCC1. The number of hydrogen-bond donors (Lipinski definition) is 0. The van der Waals surface area contributed by atoms with Crippen LogP contribution in [0, 0.1) is 0 Å². The Kier molecular flexibility index (Phi) is 5.13. The molecule has 0 aliphatic carbocycles. The molecular formula is C20H25N3OS. The lowest BCUT2D eigenvalue weighted by atomic mass is 10.00. The van der Waals surface area contributed by atoms with Crippen LogP contribution in [0.4, 0.5) is 0 Å². The fourth-order valence-electron chi connectivity index (χ4n) is 4.01. The number of aromatic nitrogens is 1. The zero-order valence-electron chi connectivity index (χ0n) is 14.6. The minimum Gasteiger partial charge on any atom is -0.334 e. The number of rotatable bonds is 4. The number of piperidine rings is 1. The van der Waals surface area contributed by atoms with Gasteiger partial charge in [-0.15, -0.1) is 11.3 Å². The van der Waals surface area contributed by atoms with Crippen molar-refractivity contribution in [3.8, 4) is 10.6 Å². The average Bonchev–Trinajstić information content (AvgIpc) is 3.36. The van der Waals surface area contributed by atoms with E-state index in [0.29, 0.717) is 6.04 Å². The maximum absolute atomic E-state index is 13.1. The standard InChI is InChI=1S/C20H25N3OS/c24-20(17-8-6-16(7-9-17)19-21-10-14-25-19)23-13-2-1-5-18(23)15-22-11-3-4-12-22/h6-10,14,18H,1-5,11-13,15H2/t18-/m1/s1. The van der Waals surface area contributed by atoms with E-state index in [0.717, 1.165) is 42.1 Å². The second kappa shape index (κ2) is 7.67. The van der Waals surface area contributed by atoms with Gasteiger partial charge in [-0.25, -0.2) is 4.98 Å². The van der Waals surface area contributed by atoms with E-state index in [9.17, 15) is 4.79 Å². The Hall–Kier alpha value is -1.72. The lowest BCUT2D eigenvalue weighted by Crippen LogP contribution is -2.49. The van der Waals surface area contributed by atoms with Gasteiger partial charge in [0, 0.05) is 41.8 Å². The Balaban J connectivity index is 1.47. The topological polar surface area (TPSA) is 36.4 Å². The molecular weight excluding hydrogens is 330 g/mol. The summed E-state index contributed by atoms with van der Waals surface area (Å²) in [4.78, 5) is 22.1. The molecule has 0 unspecified atom stereocenters. The summed E-state index contributed by atoms with van der Waals surface area (Å²) < 4.78 is 0. The molecule has 0 radical (unpaired) electrons. The van der Waals surface area contributed by atoms with E-state index in [1.807, 2.05) is 35.8 Å². The van der Waals surface area contributed by atoms with Crippen molar-refractivity contribution in [2.45, 2.75) is 38.1 Å². The Labute approximate surface area is 153 Å². The van der Waals surface area contributed by atoms with E-state index in [4.69, 9.17) is 0 Å². The Bertz CT molecular complexity index is 692. The zero-order valence-corrected chi connectivity index (χ0v) is 15.4. The Morgan fingerprint density at radius 2 is 1.84 bits per heavy atom. The van der Waals surface area contributed by atoms with Crippen molar-refractivity contribution in [1.82, 2.24) is 14.8 Å². The summed E-state index contributed by atoms with van der Waals surface area (Å²) in [5, 5.41) is 2.98. The first-order valence-corrected chi connectivity index (χ1v) is 10.2. The highest BCUT2D eigenvalue weighted by atomic mass is 32.1. The predicted molar refractivity (Wildman–Crippen MR) is 102 cm³/mol. The van der Waals surface area contributed by atoms with E-state index in [2.05, 4.69) is 14.8 Å². The smallest absolute Gasteiger partial charge is 0.254 e. The maximum atomic E-state index is 13.1. The van der Waals surface area contributed by atoms with Crippen LogP contribution in [0.2, 0.25) is 0 Å². The van der Waals surface area contributed by atoms with E-state index >= 15 is 0 Å². The molecule has 0 N–H and O–H groups in total. The molecule has 4 rings (SSSR count). The van der Waals surface area contributed by atoms with Gasteiger partial charge in [0.25, 0.3) is 5.91 Å². The number of likely N-dealkylation sites (tertiary alicyclic amines) is 2. The van der Waals surface area contributed by atoms with Crippen LogP contribution in [0.3, 0.4) is 0 Å². The van der Waals surface area contributed by atoms with Crippen molar-refractivity contribution < 1.29 is 4.79 Å². The molecule has 2 aliphatic rings. The number of thiazole rings is 1. The third-order valence-corrected chi connectivity index (χ3v) is 6.19. The molecule has 1 aromatic heterocycles. The lowest BCUT2D eigenvalue weighted by molar-refractivity contribution is 0.0560. The minimum absolute atomic E-state index is 0.189. The first-order valence-electron chi connectivity index (χ1n) is 9.34. The summed E-state index contributed by atoms with van der Waals surface area (Å²) in [5.41, 5.74) is 1.88. The van der Waals surface area contributed by atoms with Crippen LogP contribution < -0.4 is 0 Å². The van der Waals surface area contributed by atoms with Gasteiger partial charge in [-0.2, -0.15) is 0 Å². The molecule has 3 heterocycles. The maximum Gasteiger partial charge on any atom is 0.254 e. The number of hydrogen-bond acceptors (Lipinski definition) is 4. The highest BCUT2D eigenvalue weighted by molar-refractivity contribution is 7.13. The van der Waals surface area contributed by atoms with E-state index in [1.54, 1.807) is 11.3 Å². The molecule has 2 fully saturated rings. The van der Waals surface area contributed by atoms with Gasteiger partial charge in [0.15, 0.2) is 0 Å².